The summed E-state index contributed by atoms with van der Waals surface area (Å²) in [4.78, 5) is 54.1. The van der Waals surface area contributed by atoms with E-state index in [1.54, 1.807) is 45.0 Å². The maximum Gasteiger partial charge on any atom is 0.366 e. The summed E-state index contributed by atoms with van der Waals surface area (Å²) in [6.07, 6.45) is 1.62. The standard InChI is InChI=1S/C25H26F2N4O4/c1-24(2,3)17-5-4-10-28-20(17)25(26,27)23(35)29-12-14-6-7-16-15(11-14)13-31(22(16)34)18-8-9-19(32)30-21(18)33/h4-7,10-11,18H,8-9,12-13H2,1-3H3,(H,29,35)(H,30,32,33). The zero-order valence-corrected chi connectivity index (χ0v) is 19.7. The van der Waals surface area contributed by atoms with Crippen LogP contribution < -0.4 is 10.6 Å². The Hall–Kier alpha value is -3.69. The van der Waals surface area contributed by atoms with Crippen molar-refractivity contribution < 1.29 is 28.0 Å². The third-order valence-corrected chi connectivity index (χ3v) is 6.24. The largest absolute Gasteiger partial charge is 0.366 e. The number of nitrogens with zero attached hydrogens (tertiary/aromatic N) is 2. The van der Waals surface area contributed by atoms with Gasteiger partial charge in [-0.1, -0.05) is 39.0 Å². The highest BCUT2D eigenvalue weighted by molar-refractivity contribution is 6.05. The molecule has 1 atom stereocenters. The molecule has 184 valence electrons. The number of benzene rings is 1. The summed E-state index contributed by atoms with van der Waals surface area (Å²) in [6, 6.07) is 7.13. The third kappa shape index (κ3) is 4.65. The van der Waals surface area contributed by atoms with Gasteiger partial charge < -0.3 is 10.2 Å². The molecule has 4 rings (SSSR count). The van der Waals surface area contributed by atoms with Gasteiger partial charge in [-0.3, -0.25) is 29.5 Å². The summed E-state index contributed by atoms with van der Waals surface area (Å²) in [5, 5.41) is 4.52. The van der Waals surface area contributed by atoms with Crippen LogP contribution in [-0.2, 0) is 38.8 Å². The summed E-state index contributed by atoms with van der Waals surface area (Å²) in [5.74, 6) is -6.52. The molecule has 0 bridgehead atoms. The van der Waals surface area contributed by atoms with Crippen LogP contribution >= 0.6 is 0 Å². The Balaban J connectivity index is 1.46. The molecule has 1 unspecified atom stereocenters. The highest BCUT2D eigenvalue weighted by Crippen LogP contribution is 2.35. The number of rotatable bonds is 5. The molecule has 2 aromatic rings. The van der Waals surface area contributed by atoms with Crippen molar-refractivity contribution in [3.8, 4) is 0 Å². The average molecular weight is 485 g/mol. The number of amides is 4. The molecule has 1 fully saturated rings. The van der Waals surface area contributed by atoms with E-state index in [-0.39, 0.29) is 43.3 Å². The topological polar surface area (TPSA) is 108 Å². The van der Waals surface area contributed by atoms with Crippen LogP contribution in [0, 0.1) is 0 Å². The minimum absolute atomic E-state index is 0.148. The normalized spacial score (nSPS) is 18.4. The van der Waals surface area contributed by atoms with Crippen molar-refractivity contribution in [2.45, 2.75) is 64.1 Å². The SMILES string of the molecule is CC(C)(C)c1cccnc1C(F)(F)C(=O)NCc1ccc2c(c1)CN(C1CCC(=O)NC1=O)C2=O. The maximum absolute atomic E-state index is 15.0. The molecule has 1 aromatic carbocycles. The van der Waals surface area contributed by atoms with Crippen molar-refractivity contribution in [1.29, 1.82) is 0 Å². The lowest BCUT2D eigenvalue weighted by Crippen LogP contribution is -2.52. The minimum Gasteiger partial charge on any atom is -0.346 e. The van der Waals surface area contributed by atoms with Crippen LogP contribution in [0.1, 0.15) is 66.4 Å². The number of halogens is 2. The fourth-order valence-electron chi connectivity index (χ4n) is 4.40. The lowest BCUT2D eigenvalue weighted by Gasteiger charge is -2.29. The molecule has 0 saturated carbocycles. The van der Waals surface area contributed by atoms with E-state index in [9.17, 15) is 19.2 Å². The highest BCUT2D eigenvalue weighted by Gasteiger charge is 2.45. The van der Waals surface area contributed by atoms with E-state index >= 15 is 8.78 Å². The molecule has 4 amide bonds. The van der Waals surface area contributed by atoms with Gasteiger partial charge in [0.15, 0.2) is 0 Å². The molecule has 1 saturated heterocycles. The number of aromatic nitrogens is 1. The zero-order valence-electron chi connectivity index (χ0n) is 19.7. The van der Waals surface area contributed by atoms with Crippen LogP contribution in [0.5, 0.6) is 0 Å². The monoisotopic (exact) mass is 484 g/mol. The molecule has 10 heteroatoms. The van der Waals surface area contributed by atoms with E-state index in [2.05, 4.69) is 15.6 Å². The summed E-state index contributed by atoms with van der Waals surface area (Å²) < 4.78 is 30.1. The van der Waals surface area contributed by atoms with E-state index in [4.69, 9.17) is 0 Å². The van der Waals surface area contributed by atoms with Gasteiger partial charge in [0.25, 0.3) is 11.8 Å². The molecule has 2 aliphatic rings. The lowest BCUT2D eigenvalue weighted by molar-refractivity contribution is -0.148. The third-order valence-electron chi connectivity index (χ3n) is 6.24. The fourth-order valence-corrected chi connectivity index (χ4v) is 4.40. The first kappa shape index (κ1) is 24.4. The number of piperidine rings is 1. The number of hydrogen-bond donors (Lipinski definition) is 2. The first-order valence-corrected chi connectivity index (χ1v) is 11.3. The first-order valence-electron chi connectivity index (χ1n) is 11.3. The molecule has 1 aromatic heterocycles. The van der Waals surface area contributed by atoms with Crippen LogP contribution in [-0.4, -0.2) is 39.6 Å². The Morgan fingerprint density at radius 2 is 1.94 bits per heavy atom. The Morgan fingerprint density at radius 3 is 2.63 bits per heavy atom. The van der Waals surface area contributed by atoms with Gasteiger partial charge in [0.1, 0.15) is 11.7 Å². The summed E-state index contributed by atoms with van der Waals surface area (Å²) >= 11 is 0. The molecule has 2 aliphatic heterocycles. The van der Waals surface area contributed by atoms with E-state index in [1.165, 1.54) is 17.2 Å². The van der Waals surface area contributed by atoms with Gasteiger partial charge in [-0.15, -0.1) is 0 Å². The van der Waals surface area contributed by atoms with Crippen LogP contribution in [0.2, 0.25) is 0 Å². The quantitative estimate of drug-likeness (QED) is 0.634. The van der Waals surface area contributed by atoms with Gasteiger partial charge in [0.2, 0.25) is 11.8 Å². The number of carbonyl (C=O) groups is 4. The van der Waals surface area contributed by atoms with Gasteiger partial charge in [-0.2, -0.15) is 8.78 Å². The number of alkyl halides is 2. The molecule has 8 nitrogen and oxygen atoms in total. The molecule has 0 radical (unpaired) electrons. The van der Waals surface area contributed by atoms with Crippen molar-refractivity contribution in [2.75, 3.05) is 0 Å². The number of imide groups is 1. The van der Waals surface area contributed by atoms with Crippen LogP contribution in [0.15, 0.2) is 36.5 Å². The molecule has 2 N–H and O–H groups in total. The van der Waals surface area contributed by atoms with Crippen LogP contribution in [0.25, 0.3) is 0 Å². The molecule has 3 heterocycles. The summed E-state index contributed by atoms with van der Waals surface area (Å²) in [7, 11) is 0. The molecule has 0 aliphatic carbocycles. The van der Waals surface area contributed by atoms with E-state index < -0.39 is 34.9 Å². The fraction of sp³-hybridized carbons (Fsp3) is 0.400. The van der Waals surface area contributed by atoms with E-state index in [0.29, 0.717) is 16.7 Å². The predicted octanol–water partition coefficient (Wildman–Crippen LogP) is 2.55. The second-order valence-corrected chi connectivity index (χ2v) is 9.80. The number of pyridine rings is 1. The van der Waals surface area contributed by atoms with Crippen molar-refractivity contribution >= 4 is 23.6 Å². The molecular weight excluding hydrogens is 458 g/mol. The minimum atomic E-state index is -3.83. The van der Waals surface area contributed by atoms with Gasteiger partial charge in [-0.05, 0) is 40.7 Å². The lowest BCUT2D eigenvalue weighted by atomic mass is 9.84. The van der Waals surface area contributed by atoms with E-state index in [0.717, 1.165) is 0 Å². The number of carbonyl (C=O) groups excluding carboxylic acids is 4. The first-order chi connectivity index (χ1) is 16.4. The predicted molar refractivity (Wildman–Crippen MR) is 121 cm³/mol. The Kier molecular flexibility index (Phi) is 6.16. The maximum atomic E-state index is 15.0. The number of fused-ring (bicyclic) bond motifs is 1. The Labute approximate surface area is 201 Å². The second kappa shape index (κ2) is 8.83. The Bertz CT molecular complexity index is 1220. The second-order valence-electron chi connectivity index (χ2n) is 9.80. The van der Waals surface area contributed by atoms with Crippen molar-refractivity contribution in [3.63, 3.8) is 0 Å². The highest BCUT2D eigenvalue weighted by atomic mass is 19.3. The van der Waals surface area contributed by atoms with Gasteiger partial charge in [-0.25, -0.2) is 0 Å². The van der Waals surface area contributed by atoms with Gasteiger partial charge in [0, 0.05) is 31.3 Å². The number of nitrogens with one attached hydrogen (secondary N) is 2. The van der Waals surface area contributed by atoms with Gasteiger partial charge in [0.05, 0.1) is 0 Å². The van der Waals surface area contributed by atoms with Crippen molar-refractivity contribution in [3.05, 3.63) is 64.5 Å². The number of hydrogen-bond acceptors (Lipinski definition) is 5. The average Bonchev–Trinajstić information content (AvgIpc) is 3.12. The van der Waals surface area contributed by atoms with Crippen molar-refractivity contribution in [1.82, 2.24) is 20.5 Å². The smallest absolute Gasteiger partial charge is 0.346 e. The van der Waals surface area contributed by atoms with E-state index in [1.807, 2.05) is 0 Å². The van der Waals surface area contributed by atoms with Crippen LogP contribution in [0.4, 0.5) is 8.78 Å². The Morgan fingerprint density at radius 1 is 1.20 bits per heavy atom. The summed E-state index contributed by atoms with van der Waals surface area (Å²) in [6.45, 7) is 5.29. The molecule has 0 spiro atoms. The zero-order chi connectivity index (χ0) is 25.5. The molecular formula is C25H26F2N4O4. The van der Waals surface area contributed by atoms with Crippen LogP contribution in [0.3, 0.4) is 0 Å². The molecule has 35 heavy (non-hydrogen) atoms. The summed E-state index contributed by atoms with van der Waals surface area (Å²) in [5.41, 5.74) is 0.627. The van der Waals surface area contributed by atoms with Gasteiger partial charge >= 0.3 is 5.92 Å². The van der Waals surface area contributed by atoms with Crippen molar-refractivity contribution in [2.24, 2.45) is 0 Å².